The largest absolute Gasteiger partial charge is 0.324 e. The topological polar surface area (TPSA) is 87.5 Å². The first-order chi connectivity index (χ1) is 9.92. The monoisotopic (exact) mass is 312 g/mol. The third-order valence-electron chi connectivity index (χ3n) is 3.94. The van der Waals surface area contributed by atoms with E-state index in [1.54, 1.807) is 24.3 Å². The molecule has 1 aliphatic heterocycles. The molecule has 21 heavy (non-hydrogen) atoms. The van der Waals surface area contributed by atoms with Crippen molar-refractivity contribution in [1.29, 1.82) is 0 Å². The number of likely N-dealkylation sites (tertiary alicyclic amines) is 1. The van der Waals surface area contributed by atoms with Crippen molar-refractivity contribution in [3.05, 3.63) is 24.3 Å². The smallest absolute Gasteiger partial charge is 0.240 e. The van der Waals surface area contributed by atoms with Crippen molar-refractivity contribution in [2.24, 2.45) is 11.8 Å². The fraction of sp³-hybridized carbons (Fsp3) is 0.571. The Kier molecular flexibility index (Phi) is 5.21. The number of rotatable bonds is 6. The summed E-state index contributed by atoms with van der Waals surface area (Å²) in [6.45, 7) is 6.82. The number of nitrogens with zero attached hydrogens (tertiary/aromatic N) is 1. The minimum absolute atomic E-state index is 0.264. The zero-order valence-electron chi connectivity index (χ0n) is 12.5. The molecule has 118 valence electrons. The molecule has 1 fully saturated rings. The minimum atomic E-state index is -3.45. The molecule has 7 heteroatoms. The quantitative estimate of drug-likeness (QED) is 0.538. The standard InChI is InChI=1S/C14H24N4O2S/c1-11(2)18-8-7-12(10-18)9-16-21(19,20)14-5-3-13(17-15)4-6-14/h3-6,11-12,16-17H,7-10,15H2,1-2H3. The molecule has 1 aliphatic rings. The summed E-state index contributed by atoms with van der Waals surface area (Å²) in [7, 11) is -3.45. The number of anilines is 1. The minimum Gasteiger partial charge on any atom is -0.324 e. The summed E-state index contributed by atoms with van der Waals surface area (Å²) in [5.41, 5.74) is 3.16. The maximum atomic E-state index is 12.2. The summed E-state index contributed by atoms with van der Waals surface area (Å²) in [6.07, 6.45) is 1.04. The Labute approximate surface area is 126 Å². The molecule has 1 aromatic rings. The van der Waals surface area contributed by atoms with Gasteiger partial charge in [0.05, 0.1) is 4.90 Å². The molecular weight excluding hydrogens is 288 g/mol. The maximum absolute atomic E-state index is 12.2. The number of hydrogen-bond acceptors (Lipinski definition) is 5. The second-order valence-corrected chi connectivity index (χ2v) is 7.53. The van der Waals surface area contributed by atoms with Crippen molar-refractivity contribution in [3.8, 4) is 0 Å². The molecule has 0 amide bonds. The van der Waals surface area contributed by atoms with Crippen molar-refractivity contribution in [1.82, 2.24) is 9.62 Å². The summed E-state index contributed by atoms with van der Waals surface area (Å²) in [5, 5.41) is 0. The van der Waals surface area contributed by atoms with E-state index in [9.17, 15) is 8.42 Å². The third-order valence-corrected chi connectivity index (χ3v) is 5.38. The molecule has 1 unspecified atom stereocenters. The van der Waals surface area contributed by atoms with Gasteiger partial charge in [0.25, 0.3) is 0 Å². The van der Waals surface area contributed by atoms with E-state index in [0.717, 1.165) is 19.5 Å². The van der Waals surface area contributed by atoms with Crippen molar-refractivity contribution in [3.63, 3.8) is 0 Å². The van der Waals surface area contributed by atoms with Crippen LogP contribution in [0.5, 0.6) is 0 Å². The molecule has 0 aliphatic carbocycles. The van der Waals surface area contributed by atoms with E-state index in [1.807, 2.05) is 0 Å². The van der Waals surface area contributed by atoms with Gasteiger partial charge in [-0.25, -0.2) is 13.1 Å². The molecule has 0 bridgehead atoms. The zero-order chi connectivity index (χ0) is 15.5. The number of nitrogens with two attached hydrogens (primary N) is 1. The summed E-state index contributed by atoms with van der Waals surface area (Å²) in [6, 6.07) is 6.90. The van der Waals surface area contributed by atoms with Gasteiger partial charge >= 0.3 is 0 Å². The Morgan fingerprint density at radius 1 is 1.33 bits per heavy atom. The number of nitrogen functional groups attached to an aromatic ring is 1. The number of nitrogens with one attached hydrogen (secondary N) is 2. The van der Waals surface area contributed by atoms with E-state index >= 15 is 0 Å². The van der Waals surface area contributed by atoms with Gasteiger partial charge in [-0.05, 0) is 57.0 Å². The third kappa shape index (κ3) is 4.16. The van der Waals surface area contributed by atoms with Crippen molar-refractivity contribution in [2.45, 2.75) is 31.2 Å². The molecule has 1 heterocycles. The van der Waals surface area contributed by atoms with Crippen LogP contribution < -0.4 is 16.0 Å². The number of sulfonamides is 1. The van der Waals surface area contributed by atoms with Crippen LogP contribution in [-0.2, 0) is 10.0 Å². The predicted octanol–water partition coefficient (Wildman–Crippen LogP) is 0.981. The SMILES string of the molecule is CC(C)N1CCC(CNS(=O)(=O)c2ccc(NN)cc2)C1. The fourth-order valence-electron chi connectivity index (χ4n) is 2.54. The molecule has 4 N–H and O–H groups in total. The van der Waals surface area contributed by atoms with Crippen LogP contribution >= 0.6 is 0 Å². The van der Waals surface area contributed by atoms with Gasteiger partial charge in [0.15, 0.2) is 0 Å². The van der Waals surface area contributed by atoms with E-state index in [-0.39, 0.29) is 4.90 Å². The van der Waals surface area contributed by atoms with E-state index in [2.05, 4.69) is 28.9 Å². The van der Waals surface area contributed by atoms with E-state index < -0.39 is 10.0 Å². The van der Waals surface area contributed by atoms with Gasteiger partial charge in [0.2, 0.25) is 10.0 Å². The zero-order valence-corrected chi connectivity index (χ0v) is 13.4. The number of hydrogen-bond donors (Lipinski definition) is 3. The molecule has 1 saturated heterocycles. The first-order valence-electron chi connectivity index (χ1n) is 7.23. The van der Waals surface area contributed by atoms with Crippen molar-refractivity contribution >= 4 is 15.7 Å². The molecule has 1 atom stereocenters. The normalized spacial score (nSPS) is 20.1. The average Bonchev–Trinajstić information content (AvgIpc) is 2.94. The first-order valence-corrected chi connectivity index (χ1v) is 8.71. The number of hydrazine groups is 1. The molecule has 0 radical (unpaired) electrons. The highest BCUT2D eigenvalue weighted by molar-refractivity contribution is 7.89. The molecule has 0 spiro atoms. The lowest BCUT2D eigenvalue weighted by Gasteiger charge is -2.20. The summed E-state index contributed by atoms with van der Waals surface area (Å²) >= 11 is 0. The van der Waals surface area contributed by atoms with Crippen LogP contribution in [0.3, 0.4) is 0 Å². The lowest BCUT2D eigenvalue weighted by molar-refractivity contribution is 0.265. The van der Waals surface area contributed by atoms with Crippen molar-refractivity contribution < 1.29 is 8.42 Å². The van der Waals surface area contributed by atoms with Crippen LogP contribution in [0.2, 0.25) is 0 Å². The summed E-state index contributed by atoms with van der Waals surface area (Å²) in [4.78, 5) is 2.64. The van der Waals surface area contributed by atoms with Gasteiger partial charge < -0.3 is 10.3 Å². The van der Waals surface area contributed by atoms with Crippen LogP contribution in [0, 0.1) is 5.92 Å². The van der Waals surface area contributed by atoms with E-state index in [4.69, 9.17) is 5.84 Å². The Morgan fingerprint density at radius 3 is 2.52 bits per heavy atom. The van der Waals surface area contributed by atoms with Crippen LogP contribution in [0.1, 0.15) is 20.3 Å². The molecule has 0 aromatic heterocycles. The average molecular weight is 312 g/mol. The van der Waals surface area contributed by atoms with Crippen LogP contribution in [-0.4, -0.2) is 39.0 Å². The van der Waals surface area contributed by atoms with Crippen LogP contribution in [0.25, 0.3) is 0 Å². The lowest BCUT2D eigenvalue weighted by Crippen LogP contribution is -2.33. The van der Waals surface area contributed by atoms with Gasteiger partial charge in [-0.15, -0.1) is 0 Å². The Balaban J connectivity index is 1.92. The lowest BCUT2D eigenvalue weighted by atomic mass is 10.1. The van der Waals surface area contributed by atoms with Gasteiger partial charge in [0, 0.05) is 24.8 Å². The highest BCUT2D eigenvalue weighted by Crippen LogP contribution is 2.19. The van der Waals surface area contributed by atoms with Gasteiger partial charge in [0.1, 0.15) is 0 Å². The van der Waals surface area contributed by atoms with Crippen molar-refractivity contribution in [2.75, 3.05) is 25.1 Å². The highest BCUT2D eigenvalue weighted by Gasteiger charge is 2.25. The molecule has 0 saturated carbocycles. The van der Waals surface area contributed by atoms with E-state index in [0.29, 0.717) is 24.2 Å². The highest BCUT2D eigenvalue weighted by atomic mass is 32.2. The Morgan fingerprint density at radius 2 is 2.00 bits per heavy atom. The predicted molar refractivity (Wildman–Crippen MR) is 84.3 cm³/mol. The molecular formula is C14H24N4O2S. The molecule has 2 rings (SSSR count). The van der Waals surface area contributed by atoms with E-state index in [1.165, 1.54) is 0 Å². The van der Waals surface area contributed by atoms with Gasteiger partial charge in [-0.3, -0.25) is 5.84 Å². The number of benzene rings is 1. The van der Waals surface area contributed by atoms with Crippen LogP contribution in [0.15, 0.2) is 29.2 Å². The molecule has 6 nitrogen and oxygen atoms in total. The summed E-state index contributed by atoms with van der Waals surface area (Å²) < 4.78 is 27.2. The maximum Gasteiger partial charge on any atom is 0.240 e. The van der Waals surface area contributed by atoms with Gasteiger partial charge in [-0.1, -0.05) is 0 Å². The summed E-state index contributed by atoms with van der Waals surface area (Å²) in [5.74, 6) is 5.65. The van der Waals surface area contributed by atoms with Gasteiger partial charge in [-0.2, -0.15) is 0 Å². The first kappa shape index (κ1) is 16.2. The van der Waals surface area contributed by atoms with Crippen LogP contribution in [0.4, 0.5) is 5.69 Å². The Bertz CT molecular complexity index is 557. The fourth-order valence-corrected chi connectivity index (χ4v) is 3.66. The Hall–Kier alpha value is -1.15. The second kappa shape index (κ2) is 6.74. The molecule has 1 aromatic carbocycles. The second-order valence-electron chi connectivity index (χ2n) is 5.76.